The van der Waals surface area contributed by atoms with E-state index >= 15 is 0 Å². The molecule has 128 valence electrons. The summed E-state index contributed by atoms with van der Waals surface area (Å²) < 4.78 is 38.6. The van der Waals surface area contributed by atoms with Crippen LogP contribution in [0.1, 0.15) is 19.7 Å². The van der Waals surface area contributed by atoms with Gasteiger partial charge in [0.1, 0.15) is 11.4 Å². The lowest BCUT2D eigenvalue weighted by molar-refractivity contribution is -0.105. The maximum Gasteiger partial charge on any atom is 0.397 e. The Morgan fingerprint density at radius 1 is 1.22 bits per heavy atom. The first-order chi connectivity index (χ1) is 10.5. The highest BCUT2D eigenvalue weighted by molar-refractivity contribution is 7.99. The molecule has 1 heterocycles. The van der Waals surface area contributed by atoms with Crippen LogP contribution in [-0.4, -0.2) is 32.3 Å². The van der Waals surface area contributed by atoms with E-state index in [0.29, 0.717) is 45.2 Å². The number of nitrogens with zero attached hydrogens (tertiary/aromatic N) is 2. The number of halogens is 5. The molecule has 0 aliphatic carbocycles. The van der Waals surface area contributed by atoms with Crippen LogP contribution in [0.3, 0.4) is 0 Å². The van der Waals surface area contributed by atoms with Crippen molar-refractivity contribution in [3.63, 3.8) is 0 Å². The highest BCUT2D eigenvalue weighted by Crippen LogP contribution is 2.33. The monoisotopic (exact) mass is 386 g/mol. The number of aromatic nitrogens is 2. The molecule has 1 N–H and O–H groups in total. The molecule has 1 atom stereocenters. The van der Waals surface area contributed by atoms with E-state index in [-0.39, 0.29) is 5.75 Å². The summed E-state index contributed by atoms with van der Waals surface area (Å²) in [5.41, 5.74) is -0.292. The molecule has 3 nitrogen and oxygen atoms in total. The third-order valence-electron chi connectivity index (χ3n) is 3.24. The van der Waals surface area contributed by atoms with Crippen molar-refractivity contribution in [2.45, 2.75) is 32.2 Å². The van der Waals surface area contributed by atoms with Gasteiger partial charge in [0.15, 0.2) is 0 Å². The molecule has 0 amide bonds. The van der Waals surface area contributed by atoms with Crippen LogP contribution >= 0.6 is 35.0 Å². The first-order valence-corrected chi connectivity index (χ1v) is 8.69. The second kappa shape index (κ2) is 6.70. The van der Waals surface area contributed by atoms with Crippen LogP contribution in [0.2, 0.25) is 10.0 Å². The van der Waals surface area contributed by atoms with Crippen LogP contribution < -0.4 is 0 Å². The molecule has 0 spiro atoms. The highest BCUT2D eigenvalue weighted by Gasteiger charge is 2.33. The molecule has 1 aromatic carbocycles. The van der Waals surface area contributed by atoms with Crippen LogP contribution in [0.15, 0.2) is 12.1 Å². The summed E-state index contributed by atoms with van der Waals surface area (Å²) in [6, 6.07) is 3.21. The van der Waals surface area contributed by atoms with Gasteiger partial charge in [-0.15, -0.1) is 11.8 Å². The molecule has 1 aromatic heterocycles. The molecule has 2 rings (SSSR count). The Morgan fingerprint density at radius 2 is 1.83 bits per heavy atom. The lowest BCUT2D eigenvalue weighted by atomic mass is 10.1. The van der Waals surface area contributed by atoms with Crippen molar-refractivity contribution in [1.29, 1.82) is 0 Å². The van der Waals surface area contributed by atoms with Crippen molar-refractivity contribution in [2.24, 2.45) is 0 Å². The van der Waals surface area contributed by atoms with E-state index in [0.717, 1.165) is 0 Å². The SMILES string of the molecule is CCn1c(C(C)(O)CSCC(F)(F)F)nc2cc(Cl)c(Cl)cc21. The summed E-state index contributed by atoms with van der Waals surface area (Å²) in [6.07, 6.45) is -4.27. The minimum atomic E-state index is -4.27. The Balaban J connectivity index is 2.37. The summed E-state index contributed by atoms with van der Waals surface area (Å²) in [7, 11) is 0. The van der Waals surface area contributed by atoms with Crippen molar-refractivity contribution in [3.05, 3.63) is 28.0 Å². The fourth-order valence-corrected chi connectivity index (χ4v) is 3.46. The van der Waals surface area contributed by atoms with Crippen LogP contribution in [-0.2, 0) is 12.1 Å². The maximum absolute atomic E-state index is 12.3. The molecular formula is C14H15Cl2F3N2OS. The number of hydrogen-bond donors (Lipinski definition) is 1. The van der Waals surface area contributed by atoms with Gasteiger partial charge in [0.25, 0.3) is 0 Å². The van der Waals surface area contributed by atoms with E-state index in [2.05, 4.69) is 4.98 Å². The first-order valence-electron chi connectivity index (χ1n) is 6.78. The van der Waals surface area contributed by atoms with Crippen LogP contribution in [0.4, 0.5) is 13.2 Å². The number of aliphatic hydroxyl groups is 1. The van der Waals surface area contributed by atoms with E-state index in [1.165, 1.54) is 6.92 Å². The molecule has 0 radical (unpaired) electrons. The van der Waals surface area contributed by atoms with Gasteiger partial charge in [0.05, 0.1) is 26.8 Å². The summed E-state index contributed by atoms with van der Waals surface area (Å²) in [5, 5.41) is 11.3. The number of thioether (sulfide) groups is 1. The molecule has 1 unspecified atom stereocenters. The van der Waals surface area contributed by atoms with Crippen LogP contribution in [0.5, 0.6) is 0 Å². The van der Waals surface area contributed by atoms with Gasteiger partial charge in [-0.2, -0.15) is 13.2 Å². The summed E-state index contributed by atoms with van der Waals surface area (Å²) >= 11 is 12.6. The topological polar surface area (TPSA) is 38.0 Å². The number of alkyl halides is 3. The first kappa shape index (κ1) is 18.7. The minimum absolute atomic E-state index is 0.128. The Labute approximate surface area is 145 Å². The summed E-state index contributed by atoms with van der Waals surface area (Å²) in [4.78, 5) is 4.35. The van der Waals surface area contributed by atoms with Gasteiger partial charge in [-0.3, -0.25) is 0 Å². The molecular weight excluding hydrogens is 372 g/mol. The number of imidazole rings is 1. The van der Waals surface area contributed by atoms with Gasteiger partial charge >= 0.3 is 6.18 Å². The summed E-state index contributed by atoms with van der Waals surface area (Å²) in [5.74, 6) is -0.854. The Kier molecular flexibility index (Phi) is 5.45. The zero-order chi connectivity index (χ0) is 17.4. The smallest absolute Gasteiger partial charge is 0.381 e. The maximum atomic E-state index is 12.3. The fourth-order valence-electron chi connectivity index (χ4n) is 2.28. The Morgan fingerprint density at radius 3 is 2.39 bits per heavy atom. The zero-order valence-corrected chi connectivity index (χ0v) is 14.7. The number of fused-ring (bicyclic) bond motifs is 1. The van der Waals surface area contributed by atoms with E-state index < -0.39 is 17.5 Å². The standard InChI is InChI=1S/C14H15Cl2F3N2OS/c1-3-21-11-5-9(16)8(15)4-10(11)20-12(21)13(2,22)6-23-7-14(17,18)19/h4-5,22H,3,6-7H2,1-2H3. The van der Waals surface area contributed by atoms with Gasteiger partial charge in [0.2, 0.25) is 0 Å². The van der Waals surface area contributed by atoms with Crippen molar-refractivity contribution >= 4 is 46.0 Å². The molecule has 0 aliphatic heterocycles. The zero-order valence-electron chi connectivity index (χ0n) is 12.4. The average Bonchev–Trinajstić information content (AvgIpc) is 2.76. The molecule has 0 fully saturated rings. The van der Waals surface area contributed by atoms with Gasteiger partial charge in [-0.25, -0.2) is 4.98 Å². The normalized spacial score (nSPS) is 15.1. The van der Waals surface area contributed by atoms with Crippen LogP contribution in [0.25, 0.3) is 11.0 Å². The molecule has 0 saturated heterocycles. The third-order valence-corrected chi connectivity index (χ3v) is 5.26. The van der Waals surface area contributed by atoms with Gasteiger partial charge in [-0.1, -0.05) is 23.2 Å². The van der Waals surface area contributed by atoms with E-state index in [4.69, 9.17) is 23.2 Å². The van der Waals surface area contributed by atoms with Crippen molar-refractivity contribution < 1.29 is 18.3 Å². The molecule has 0 bridgehead atoms. The van der Waals surface area contributed by atoms with Crippen molar-refractivity contribution in [2.75, 3.05) is 11.5 Å². The minimum Gasteiger partial charge on any atom is -0.381 e. The Hall–Kier alpha value is -0.630. The van der Waals surface area contributed by atoms with E-state index in [1.54, 1.807) is 16.7 Å². The lowest BCUT2D eigenvalue weighted by Gasteiger charge is -2.23. The molecule has 2 aromatic rings. The summed E-state index contributed by atoms with van der Waals surface area (Å²) in [6.45, 7) is 3.79. The number of hydrogen-bond acceptors (Lipinski definition) is 3. The Bertz CT molecular complexity index is 716. The molecule has 0 aliphatic rings. The predicted molar refractivity (Wildman–Crippen MR) is 88.4 cm³/mol. The second-order valence-corrected chi connectivity index (χ2v) is 7.12. The van der Waals surface area contributed by atoms with Gasteiger partial charge in [-0.05, 0) is 26.0 Å². The van der Waals surface area contributed by atoms with E-state index in [9.17, 15) is 18.3 Å². The van der Waals surface area contributed by atoms with E-state index in [1.807, 2.05) is 6.92 Å². The molecule has 0 saturated carbocycles. The van der Waals surface area contributed by atoms with Crippen molar-refractivity contribution in [3.8, 4) is 0 Å². The van der Waals surface area contributed by atoms with Crippen LogP contribution in [0, 0.1) is 0 Å². The number of benzene rings is 1. The number of aryl methyl sites for hydroxylation is 1. The second-order valence-electron chi connectivity index (χ2n) is 5.32. The van der Waals surface area contributed by atoms with Crippen molar-refractivity contribution in [1.82, 2.24) is 9.55 Å². The fraction of sp³-hybridized carbons (Fsp3) is 0.500. The predicted octanol–water partition coefficient (Wildman–Crippen LogP) is 4.87. The number of rotatable bonds is 5. The lowest BCUT2D eigenvalue weighted by Crippen LogP contribution is -2.30. The van der Waals surface area contributed by atoms with Gasteiger partial charge < -0.3 is 9.67 Å². The highest BCUT2D eigenvalue weighted by atomic mass is 35.5. The third kappa shape index (κ3) is 4.26. The molecule has 9 heteroatoms. The quantitative estimate of drug-likeness (QED) is 0.796. The largest absolute Gasteiger partial charge is 0.397 e. The van der Waals surface area contributed by atoms with Gasteiger partial charge in [0, 0.05) is 12.3 Å². The molecule has 23 heavy (non-hydrogen) atoms. The average molecular weight is 387 g/mol.